The molecule has 0 heterocycles. The summed E-state index contributed by atoms with van der Waals surface area (Å²) >= 11 is 3.43. The minimum absolute atomic E-state index is 0.189. The molecule has 0 fully saturated rings. The van der Waals surface area contributed by atoms with Crippen molar-refractivity contribution in [1.82, 2.24) is 5.32 Å². The van der Waals surface area contributed by atoms with Crippen molar-refractivity contribution < 1.29 is 19.0 Å². The average Bonchev–Trinajstić information content (AvgIpc) is 2.71. The van der Waals surface area contributed by atoms with Crippen molar-refractivity contribution in [1.29, 1.82) is 0 Å². The first-order chi connectivity index (χ1) is 14.3. The number of hydrogen-bond acceptors (Lipinski definition) is 4. The Balaban J connectivity index is 2.04. The number of ether oxygens (including phenoxy) is 3. The molecule has 0 aromatic heterocycles. The molecule has 164 valence electrons. The van der Waals surface area contributed by atoms with Crippen LogP contribution in [0.25, 0.3) is 0 Å². The highest BCUT2D eigenvalue weighted by atomic mass is 79.9. The van der Waals surface area contributed by atoms with Gasteiger partial charge in [-0.25, -0.2) is 0 Å². The average molecular weight is 478 g/mol. The topological polar surface area (TPSA) is 56.8 Å². The molecule has 0 saturated heterocycles. The molecule has 0 spiro atoms. The fourth-order valence-corrected chi connectivity index (χ4v) is 3.05. The van der Waals surface area contributed by atoms with E-state index in [2.05, 4.69) is 48.9 Å². The van der Waals surface area contributed by atoms with Crippen LogP contribution in [0.3, 0.4) is 0 Å². The van der Waals surface area contributed by atoms with E-state index in [4.69, 9.17) is 14.2 Å². The lowest BCUT2D eigenvalue weighted by molar-refractivity contribution is 0.0946. The number of benzene rings is 2. The van der Waals surface area contributed by atoms with Crippen LogP contribution in [0.2, 0.25) is 0 Å². The smallest absolute Gasteiger partial charge is 0.255 e. The van der Waals surface area contributed by atoms with Crippen LogP contribution in [0.15, 0.2) is 40.9 Å². The normalized spacial score (nSPS) is 10.9. The summed E-state index contributed by atoms with van der Waals surface area (Å²) in [5.41, 5.74) is 1.43. The minimum Gasteiger partial charge on any atom is -0.493 e. The first kappa shape index (κ1) is 24.1. The van der Waals surface area contributed by atoms with E-state index < -0.39 is 0 Å². The number of hydrogen-bond donors (Lipinski definition) is 1. The summed E-state index contributed by atoms with van der Waals surface area (Å²) in [4.78, 5) is 12.8. The zero-order chi connectivity index (χ0) is 22.1. The Kier molecular flexibility index (Phi) is 9.50. The van der Waals surface area contributed by atoms with Crippen LogP contribution in [0.5, 0.6) is 17.2 Å². The number of halogens is 1. The lowest BCUT2D eigenvalue weighted by Gasteiger charge is -2.15. The monoisotopic (exact) mass is 477 g/mol. The SMILES string of the molecule is COc1cc(CNC(=O)c2cc(Br)ccc2OCC(C)C)ccc1OCCC(C)C. The summed E-state index contributed by atoms with van der Waals surface area (Å²) < 4.78 is 17.9. The van der Waals surface area contributed by atoms with E-state index in [0.29, 0.717) is 54.4 Å². The van der Waals surface area contributed by atoms with Crippen molar-refractivity contribution >= 4 is 21.8 Å². The second-order valence-electron chi connectivity index (χ2n) is 8.04. The quantitative estimate of drug-likeness (QED) is 0.441. The van der Waals surface area contributed by atoms with Gasteiger partial charge in [0.2, 0.25) is 0 Å². The maximum atomic E-state index is 12.8. The summed E-state index contributed by atoms with van der Waals surface area (Å²) in [7, 11) is 1.62. The van der Waals surface area contributed by atoms with Crippen molar-refractivity contribution in [2.45, 2.75) is 40.7 Å². The highest BCUT2D eigenvalue weighted by molar-refractivity contribution is 9.10. The Hall–Kier alpha value is -2.21. The van der Waals surface area contributed by atoms with E-state index in [0.717, 1.165) is 16.5 Å². The largest absolute Gasteiger partial charge is 0.493 e. The standard InChI is InChI=1S/C24H32BrNO4/c1-16(2)10-11-29-22-8-6-18(12-23(22)28-5)14-26-24(27)20-13-19(25)7-9-21(20)30-15-17(3)4/h6-9,12-13,16-17H,10-11,14-15H2,1-5H3,(H,26,27). The van der Waals surface area contributed by atoms with Gasteiger partial charge in [0.25, 0.3) is 5.91 Å². The molecule has 0 aliphatic rings. The molecule has 1 amide bonds. The molecule has 0 aliphatic carbocycles. The molecule has 0 unspecified atom stereocenters. The van der Waals surface area contributed by atoms with E-state index in [1.807, 2.05) is 30.3 Å². The van der Waals surface area contributed by atoms with Gasteiger partial charge in [-0.1, -0.05) is 49.7 Å². The zero-order valence-electron chi connectivity index (χ0n) is 18.5. The number of carbonyl (C=O) groups excluding carboxylic acids is 1. The predicted molar refractivity (Wildman–Crippen MR) is 124 cm³/mol. The highest BCUT2D eigenvalue weighted by Crippen LogP contribution is 2.29. The Labute approximate surface area is 188 Å². The van der Waals surface area contributed by atoms with E-state index >= 15 is 0 Å². The van der Waals surface area contributed by atoms with Gasteiger partial charge in [-0.2, -0.15) is 0 Å². The molecular weight excluding hydrogens is 446 g/mol. The fourth-order valence-electron chi connectivity index (χ4n) is 2.69. The van der Waals surface area contributed by atoms with Crippen LogP contribution in [0, 0.1) is 11.8 Å². The summed E-state index contributed by atoms with van der Waals surface area (Å²) in [6, 6.07) is 11.2. The van der Waals surface area contributed by atoms with Gasteiger partial charge in [-0.05, 0) is 54.2 Å². The Morgan fingerprint density at radius 1 is 0.967 bits per heavy atom. The van der Waals surface area contributed by atoms with Gasteiger partial charge in [-0.15, -0.1) is 0 Å². The van der Waals surface area contributed by atoms with Crippen LogP contribution < -0.4 is 19.5 Å². The third kappa shape index (κ3) is 7.56. The maximum absolute atomic E-state index is 12.8. The van der Waals surface area contributed by atoms with Gasteiger partial charge in [0.15, 0.2) is 11.5 Å². The van der Waals surface area contributed by atoms with Crippen molar-refractivity contribution in [3.05, 3.63) is 52.0 Å². The van der Waals surface area contributed by atoms with E-state index in [1.54, 1.807) is 13.2 Å². The molecule has 0 saturated carbocycles. The van der Waals surface area contributed by atoms with Crippen LogP contribution in [0.1, 0.15) is 50.0 Å². The summed E-state index contributed by atoms with van der Waals surface area (Å²) in [6.45, 7) is 10.0. The molecule has 1 N–H and O–H groups in total. The van der Waals surface area contributed by atoms with Gasteiger partial charge in [-0.3, -0.25) is 4.79 Å². The number of amides is 1. The highest BCUT2D eigenvalue weighted by Gasteiger charge is 2.14. The van der Waals surface area contributed by atoms with Gasteiger partial charge >= 0.3 is 0 Å². The van der Waals surface area contributed by atoms with E-state index in [9.17, 15) is 4.79 Å². The van der Waals surface area contributed by atoms with Crippen molar-refractivity contribution in [2.24, 2.45) is 11.8 Å². The second kappa shape index (κ2) is 11.8. The number of methoxy groups -OCH3 is 1. The molecule has 2 rings (SSSR count). The van der Waals surface area contributed by atoms with Gasteiger partial charge < -0.3 is 19.5 Å². The van der Waals surface area contributed by atoms with Crippen LogP contribution in [-0.4, -0.2) is 26.2 Å². The van der Waals surface area contributed by atoms with Crippen LogP contribution >= 0.6 is 15.9 Å². The third-order valence-corrected chi connectivity index (χ3v) is 4.89. The first-order valence-corrected chi connectivity index (χ1v) is 11.1. The van der Waals surface area contributed by atoms with Crippen molar-refractivity contribution in [2.75, 3.05) is 20.3 Å². The van der Waals surface area contributed by atoms with Crippen LogP contribution in [-0.2, 0) is 6.54 Å². The summed E-state index contributed by atoms with van der Waals surface area (Å²) in [5, 5.41) is 2.96. The van der Waals surface area contributed by atoms with Gasteiger partial charge in [0.1, 0.15) is 5.75 Å². The number of carbonyl (C=O) groups is 1. The van der Waals surface area contributed by atoms with E-state index in [-0.39, 0.29) is 5.91 Å². The minimum atomic E-state index is -0.189. The fraction of sp³-hybridized carbons (Fsp3) is 0.458. The van der Waals surface area contributed by atoms with Gasteiger partial charge in [0.05, 0.1) is 25.9 Å². The third-order valence-electron chi connectivity index (χ3n) is 4.39. The molecule has 0 bridgehead atoms. The molecule has 6 heteroatoms. The lowest BCUT2D eigenvalue weighted by atomic mass is 10.1. The molecule has 5 nitrogen and oxygen atoms in total. The lowest BCUT2D eigenvalue weighted by Crippen LogP contribution is -2.24. The molecule has 0 aliphatic heterocycles. The Morgan fingerprint density at radius 3 is 2.37 bits per heavy atom. The van der Waals surface area contributed by atoms with E-state index in [1.165, 1.54) is 0 Å². The zero-order valence-corrected chi connectivity index (χ0v) is 20.0. The maximum Gasteiger partial charge on any atom is 0.255 e. The second-order valence-corrected chi connectivity index (χ2v) is 8.96. The first-order valence-electron chi connectivity index (χ1n) is 10.3. The van der Waals surface area contributed by atoms with Crippen LogP contribution in [0.4, 0.5) is 0 Å². The Morgan fingerprint density at radius 2 is 1.70 bits per heavy atom. The molecule has 2 aromatic rings. The van der Waals surface area contributed by atoms with Gasteiger partial charge in [0, 0.05) is 11.0 Å². The summed E-state index contributed by atoms with van der Waals surface area (Å²) in [6.07, 6.45) is 0.981. The molecule has 2 aromatic carbocycles. The molecular formula is C24H32BrNO4. The molecule has 0 radical (unpaired) electrons. The summed E-state index contributed by atoms with van der Waals surface area (Å²) in [5.74, 6) is 2.72. The Bertz CT molecular complexity index is 836. The molecule has 0 atom stereocenters. The van der Waals surface area contributed by atoms with Crippen molar-refractivity contribution in [3.8, 4) is 17.2 Å². The number of rotatable bonds is 11. The predicted octanol–water partition coefficient (Wildman–Crippen LogP) is 5.85. The molecule has 30 heavy (non-hydrogen) atoms. The van der Waals surface area contributed by atoms with Crippen molar-refractivity contribution in [3.63, 3.8) is 0 Å². The number of nitrogens with one attached hydrogen (secondary N) is 1.